The lowest BCUT2D eigenvalue weighted by Crippen LogP contribution is -2.05. The normalized spacial score (nSPS) is 12.5. The Hall–Kier alpha value is -1.80. The molecule has 2 nitrogen and oxygen atoms in total. The van der Waals surface area contributed by atoms with Crippen LogP contribution in [0.4, 0.5) is 0 Å². The van der Waals surface area contributed by atoms with Crippen molar-refractivity contribution in [2.45, 2.75) is 12.8 Å². The fraction of sp³-hybridized carbons (Fsp3) is 0.188. The van der Waals surface area contributed by atoms with Gasteiger partial charge in [-0.25, -0.2) is 0 Å². The number of aryl methyl sites for hydroxylation is 1. The van der Waals surface area contributed by atoms with Crippen LogP contribution in [-0.4, -0.2) is 11.7 Å². The number of aliphatic hydroxyl groups excluding tert-OH is 1. The van der Waals surface area contributed by atoms with Crippen LogP contribution in [-0.2, 0) is 6.42 Å². The maximum atomic E-state index is 8.95. The van der Waals surface area contributed by atoms with Gasteiger partial charge in [0.1, 0.15) is 11.5 Å². The first kappa shape index (κ1) is 11.3. The molecule has 0 unspecified atom stereocenters. The number of fused-ring (bicyclic) bond motifs is 2. The van der Waals surface area contributed by atoms with Crippen LogP contribution in [0.15, 0.2) is 42.5 Å². The standard InChI is InChI=1S/C16H15O2/c17-10-4-7-12-6-3-9-16-14(12)11-13-5-1-2-8-15(13)18-16/h1-3,5-6,8-9,11,17H,4,7,10H2. The van der Waals surface area contributed by atoms with Crippen LogP contribution in [0.25, 0.3) is 0 Å². The second-order valence-electron chi connectivity index (χ2n) is 4.44. The van der Waals surface area contributed by atoms with E-state index in [-0.39, 0.29) is 6.61 Å². The van der Waals surface area contributed by atoms with Crippen LogP contribution < -0.4 is 4.74 Å². The van der Waals surface area contributed by atoms with Crippen molar-refractivity contribution in [1.29, 1.82) is 0 Å². The average Bonchev–Trinajstić information content (AvgIpc) is 2.43. The number of ether oxygens (including phenoxy) is 1. The summed E-state index contributed by atoms with van der Waals surface area (Å²) in [5, 5.41) is 8.95. The van der Waals surface area contributed by atoms with E-state index in [9.17, 15) is 0 Å². The molecule has 2 heteroatoms. The summed E-state index contributed by atoms with van der Waals surface area (Å²) in [6, 6.07) is 14.1. The summed E-state index contributed by atoms with van der Waals surface area (Å²) in [6.45, 7) is 0.223. The first-order valence-electron chi connectivity index (χ1n) is 6.23. The van der Waals surface area contributed by atoms with E-state index in [2.05, 4.69) is 18.6 Å². The van der Waals surface area contributed by atoms with Gasteiger partial charge in [0, 0.05) is 24.2 Å². The van der Waals surface area contributed by atoms with Gasteiger partial charge in [-0.05, 0) is 30.5 Å². The average molecular weight is 239 g/mol. The molecule has 18 heavy (non-hydrogen) atoms. The van der Waals surface area contributed by atoms with Gasteiger partial charge in [0.25, 0.3) is 0 Å². The lowest BCUT2D eigenvalue weighted by Gasteiger charge is -2.22. The Morgan fingerprint density at radius 3 is 2.67 bits per heavy atom. The molecule has 0 saturated carbocycles. The molecule has 0 aromatic heterocycles. The Morgan fingerprint density at radius 1 is 0.944 bits per heavy atom. The Labute approximate surface area is 107 Å². The summed E-state index contributed by atoms with van der Waals surface area (Å²) in [6.07, 6.45) is 3.83. The molecule has 0 bridgehead atoms. The number of rotatable bonds is 3. The van der Waals surface area contributed by atoms with Gasteiger partial charge < -0.3 is 9.84 Å². The fourth-order valence-electron chi connectivity index (χ4n) is 2.30. The Bertz CT molecular complexity index is 561. The van der Waals surface area contributed by atoms with Crippen LogP contribution in [0.2, 0.25) is 0 Å². The summed E-state index contributed by atoms with van der Waals surface area (Å²) < 4.78 is 5.90. The minimum Gasteiger partial charge on any atom is -0.457 e. The van der Waals surface area contributed by atoms with Gasteiger partial charge in [-0.2, -0.15) is 0 Å². The predicted octanol–water partition coefficient (Wildman–Crippen LogP) is 3.32. The van der Waals surface area contributed by atoms with Crippen LogP contribution in [0.3, 0.4) is 0 Å². The van der Waals surface area contributed by atoms with Gasteiger partial charge in [-0.15, -0.1) is 0 Å². The quantitative estimate of drug-likeness (QED) is 0.759. The molecular weight excluding hydrogens is 224 g/mol. The van der Waals surface area contributed by atoms with E-state index in [0.717, 1.165) is 35.5 Å². The van der Waals surface area contributed by atoms with Crippen LogP contribution in [0, 0.1) is 6.42 Å². The van der Waals surface area contributed by atoms with Crippen molar-refractivity contribution >= 4 is 0 Å². The molecule has 0 saturated heterocycles. The molecule has 2 aromatic carbocycles. The van der Waals surface area contributed by atoms with Gasteiger partial charge in [-0.1, -0.05) is 30.3 Å². The number of aliphatic hydroxyl groups is 1. The van der Waals surface area contributed by atoms with Gasteiger partial charge in [0.05, 0.1) is 0 Å². The number of hydrogen-bond acceptors (Lipinski definition) is 2. The molecule has 2 aromatic rings. The smallest absolute Gasteiger partial charge is 0.131 e. The van der Waals surface area contributed by atoms with E-state index in [1.54, 1.807) is 0 Å². The van der Waals surface area contributed by atoms with E-state index in [1.807, 2.05) is 30.3 Å². The lowest BCUT2D eigenvalue weighted by atomic mass is 9.94. The van der Waals surface area contributed by atoms with Crippen molar-refractivity contribution in [3.05, 3.63) is 65.6 Å². The van der Waals surface area contributed by atoms with Crippen molar-refractivity contribution < 1.29 is 9.84 Å². The summed E-state index contributed by atoms with van der Waals surface area (Å²) in [5.41, 5.74) is 3.49. The molecule has 1 aliphatic heterocycles. The minimum absolute atomic E-state index is 0.223. The van der Waals surface area contributed by atoms with E-state index < -0.39 is 0 Å². The second-order valence-corrected chi connectivity index (χ2v) is 4.44. The highest BCUT2D eigenvalue weighted by atomic mass is 16.5. The molecule has 1 N–H and O–H groups in total. The van der Waals surface area contributed by atoms with Crippen molar-refractivity contribution in [2.75, 3.05) is 6.61 Å². The summed E-state index contributed by atoms with van der Waals surface area (Å²) in [4.78, 5) is 0. The molecule has 3 rings (SSSR count). The Kier molecular flexibility index (Phi) is 3.03. The molecule has 1 radical (unpaired) electrons. The zero-order valence-corrected chi connectivity index (χ0v) is 10.1. The molecule has 1 heterocycles. The first-order valence-corrected chi connectivity index (χ1v) is 6.23. The van der Waals surface area contributed by atoms with E-state index in [4.69, 9.17) is 9.84 Å². The zero-order chi connectivity index (χ0) is 12.4. The predicted molar refractivity (Wildman–Crippen MR) is 70.9 cm³/mol. The van der Waals surface area contributed by atoms with Crippen molar-refractivity contribution in [2.24, 2.45) is 0 Å². The van der Waals surface area contributed by atoms with E-state index in [1.165, 1.54) is 5.56 Å². The van der Waals surface area contributed by atoms with Gasteiger partial charge in [0.2, 0.25) is 0 Å². The Balaban J connectivity index is 1.97. The zero-order valence-electron chi connectivity index (χ0n) is 10.1. The van der Waals surface area contributed by atoms with Crippen molar-refractivity contribution in [3.63, 3.8) is 0 Å². The maximum Gasteiger partial charge on any atom is 0.131 e. The van der Waals surface area contributed by atoms with Crippen LogP contribution in [0.5, 0.6) is 11.5 Å². The highest BCUT2D eigenvalue weighted by Gasteiger charge is 2.18. The highest BCUT2D eigenvalue weighted by molar-refractivity contribution is 5.59. The largest absolute Gasteiger partial charge is 0.457 e. The molecule has 0 spiro atoms. The van der Waals surface area contributed by atoms with Gasteiger partial charge in [-0.3, -0.25) is 0 Å². The summed E-state index contributed by atoms with van der Waals surface area (Å²) in [5.74, 6) is 1.81. The fourth-order valence-corrected chi connectivity index (χ4v) is 2.30. The monoisotopic (exact) mass is 239 g/mol. The van der Waals surface area contributed by atoms with Crippen molar-refractivity contribution in [3.8, 4) is 11.5 Å². The molecule has 0 amide bonds. The molecule has 91 valence electrons. The molecule has 0 atom stereocenters. The van der Waals surface area contributed by atoms with E-state index >= 15 is 0 Å². The topological polar surface area (TPSA) is 29.5 Å². The summed E-state index contributed by atoms with van der Waals surface area (Å²) >= 11 is 0. The Morgan fingerprint density at radius 2 is 1.78 bits per heavy atom. The SMILES string of the molecule is OCCCc1cccc2c1[CH]c1ccccc1O2. The number of para-hydroxylation sites is 1. The third-order valence-electron chi connectivity index (χ3n) is 3.20. The lowest BCUT2D eigenvalue weighted by molar-refractivity contribution is 0.288. The van der Waals surface area contributed by atoms with Crippen molar-refractivity contribution in [1.82, 2.24) is 0 Å². The van der Waals surface area contributed by atoms with Gasteiger partial charge in [0.15, 0.2) is 0 Å². The first-order chi connectivity index (χ1) is 8.88. The van der Waals surface area contributed by atoms with Crippen LogP contribution in [0.1, 0.15) is 23.1 Å². The molecule has 0 fully saturated rings. The molecule has 0 aliphatic carbocycles. The third-order valence-corrected chi connectivity index (χ3v) is 3.20. The van der Waals surface area contributed by atoms with Crippen LogP contribution >= 0.6 is 0 Å². The maximum absolute atomic E-state index is 8.95. The summed E-state index contributed by atoms with van der Waals surface area (Å²) in [7, 11) is 0. The minimum atomic E-state index is 0.223. The molecule has 1 aliphatic rings. The number of hydrogen-bond donors (Lipinski definition) is 1. The van der Waals surface area contributed by atoms with E-state index in [0.29, 0.717) is 0 Å². The third kappa shape index (κ3) is 2.00. The molecular formula is C16H15O2. The highest BCUT2D eigenvalue weighted by Crippen LogP contribution is 2.39. The second kappa shape index (κ2) is 4.83. The van der Waals surface area contributed by atoms with Gasteiger partial charge >= 0.3 is 0 Å². The number of benzene rings is 2.